The molecule has 32 heavy (non-hydrogen) atoms. The number of ether oxygens (including phenoxy) is 1. The van der Waals surface area contributed by atoms with Gasteiger partial charge in [-0.25, -0.2) is 9.80 Å². The van der Waals surface area contributed by atoms with Crippen LogP contribution < -0.4 is 10.2 Å². The van der Waals surface area contributed by atoms with Crippen LogP contribution in [0.5, 0.6) is 11.5 Å². The molecule has 0 spiro atoms. The number of hydrazine groups is 1. The average Bonchev–Trinajstić information content (AvgIpc) is 3.23. The maximum Gasteiger partial charge on any atom is 0.333 e. The van der Waals surface area contributed by atoms with Crippen LogP contribution >= 0.6 is 0 Å². The first-order chi connectivity index (χ1) is 15.3. The van der Waals surface area contributed by atoms with E-state index in [0.29, 0.717) is 17.2 Å². The number of benzene rings is 2. The lowest BCUT2D eigenvalue weighted by Crippen LogP contribution is -2.54. The number of urea groups is 1. The molecule has 5 amide bonds. The minimum Gasteiger partial charge on any atom is -0.457 e. The highest BCUT2D eigenvalue weighted by Gasteiger charge is 2.43. The molecule has 1 atom stereocenters. The van der Waals surface area contributed by atoms with Crippen molar-refractivity contribution in [1.82, 2.24) is 20.2 Å². The van der Waals surface area contributed by atoms with Crippen molar-refractivity contribution in [2.24, 2.45) is 0 Å². The summed E-state index contributed by atoms with van der Waals surface area (Å²) in [6, 6.07) is 15.5. The number of hydrogen-bond donors (Lipinski definition) is 1. The van der Waals surface area contributed by atoms with Crippen molar-refractivity contribution in [3.63, 3.8) is 0 Å². The first kappa shape index (κ1) is 21.1. The van der Waals surface area contributed by atoms with Crippen LogP contribution in [0, 0.1) is 0 Å². The molecule has 2 aromatic rings. The van der Waals surface area contributed by atoms with Crippen molar-refractivity contribution in [3.8, 4) is 11.5 Å². The molecule has 0 aromatic heterocycles. The molecule has 2 fully saturated rings. The summed E-state index contributed by atoms with van der Waals surface area (Å²) in [6.07, 6.45) is 0.223. The summed E-state index contributed by atoms with van der Waals surface area (Å²) in [7, 11) is 2.63. The minimum atomic E-state index is -0.698. The van der Waals surface area contributed by atoms with E-state index in [4.69, 9.17) is 4.74 Å². The second-order valence-corrected chi connectivity index (χ2v) is 7.57. The summed E-state index contributed by atoms with van der Waals surface area (Å²) < 4.78 is 5.81. The van der Waals surface area contributed by atoms with Crippen LogP contribution in [0.3, 0.4) is 0 Å². The van der Waals surface area contributed by atoms with Gasteiger partial charge in [0, 0.05) is 27.4 Å². The highest BCUT2D eigenvalue weighted by atomic mass is 16.5. The predicted octanol–water partition coefficient (Wildman–Crippen LogP) is 2.58. The summed E-state index contributed by atoms with van der Waals surface area (Å²) in [6.45, 7) is 1.40. The molecule has 2 aliphatic rings. The van der Waals surface area contributed by atoms with E-state index < -0.39 is 23.9 Å². The number of carbonyl (C=O) groups excluding carboxylic acids is 4. The van der Waals surface area contributed by atoms with Crippen molar-refractivity contribution in [1.29, 1.82) is 0 Å². The zero-order valence-corrected chi connectivity index (χ0v) is 17.9. The summed E-state index contributed by atoms with van der Waals surface area (Å²) >= 11 is 0. The van der Waals surface area contributed by atoms with E-state index in [1.807, 2.05) is 42.5 Å². The standard InChI is InChI=1S/C23H22N4O5/c1-14(28)27-19(15-9-11-17(12-10-15)32-16-7-5-4-6-8-16)13-18(24-27)20-21(29)25(2)23(31)26(3)22(20)30/h4-12,19,24H,13H2,1-3H3. The molecule has 0 bridgehead atoms. The first-order valence-corrected chi connectivity index (χ1v) is 10.0. The highest BCUT2D eigenvalue weighted by molar-refractivity contribution is 6.28. The van der Waals surface area contributed by atoms with Crippen LogP contribution in [0.2, 0.25) is 0 Å². The summed E-state index contributed by atoms with van der Waals surface area (Å²) in [4.78, 5) is 51.4. The van der Waals surface area contributed by atoms with E-state index in [1.165, 1.54) is 26.0 Å². The Morgan fingerprint density at radius 3 is 2.03 bits per heavy atom. The lowest BCUT2D eigenvalue weighted by atomic mass is 9.99. The minimum absolute atomic E-state index is 0.146. The van der Waals surface area contributed by atoms with Gasteiger partial charge in [-0.3, -0.25) is 29.6 Å². The van der Waals surface area contributed by atoms with E-state index in [-0.39, 0.29) is 17.9 Å². The smallest absolute Gasteiger partial charge is 0.333 e. The van der Waals surface area contributed by atoms with Crippen molar-refractivity contribution >= 4 is 23.8 Å². The molecular weight excluding hydrogens is 412 g/mol. The van der Waals surface area contributed by atoms with Gasteiger partial charge in [-0.2, -0.15) is 0 Å². The fourth-order valence-corrected chi connectivity index (χ4v) is 3.74. The van der Waals surface area contributed by atoms with Gasteiger partial charge in [0.25, 0.3) is 11.8 Å². The molecule has 0 aliphatic carbocycles. The van der Waals surface area contributed by atoms with Crippen molar-refractivity contribution in [3.05, 3.63) is 71.4 Å². The number of carbonyl (C=O) groups is 4. The van der Waals surface area contributed by atoms with Crippen LogP contribution in [-0.2, 0) is 14.4 Å². The van der Waals surface area contributed by atoms with Crippen molar-refractivity contribution in [2.75, 3.05) is 14.1 Å². The fraction of sp³-hybridized carbons (Fsp3) is 0.217. The maximum absolute atomic E-state index is 12.7. The van der Waals surface area contributed by atoms with Gasteiger partial charge < -0.3 is 4.74 Å². The van der Waals surface area contributed by atoms with E-state index in [2.05, 4.69) is 5.43 Å². The molecule has 4 rings (SSSR count). The number of rotatable bonds is 3. The molecule has 2 heterocycles. The molecule has 2 aromatic carbocycles. The SMILES string of the molecule is CC(=O)N1NC(=C2C(=O)N(C)C(=O)N(C)C2=O)CC1c1ccc(Oc2ccccc2)cc1. The quantitative estimate of drug-likeness (QED) is 0.589. The molecule has 1 unspecified atom stereocenters. The number of imide groups is 2. The Bertz CT molecular complexity index is 1100. The molecule has 9 nitrogen and oxygen atoms in total. The van der Waals surface area contributed by atoms with Gasteiger partial charge in [0.1, 0.15) is 17.1 Å². The molecular formula is C23H22N4O5. The molecule has 2 saturated heterocycles. The molecule has 0 saturated carbocycles. The molecule has 2 aliphatic heterocycles. The second kappa shape index (κ2) is 8.18. The van der Waals surface area contributed by atoms with Crippen LogP contribution in [0.4, 0.5) is 4.79 Å². The highest BCUT2D eigenvalue weighted by Crippen LogP contribution is 2.35. The lowest BCUT2D eigenvalue weighted by Gasteiger charge is -2.29. The van der Waals surface area contributed by atoms with Gasteiger partial charge in [-0.1, -0.05) is 30.3 Å². The Morgan fingerprint density at radius 1 is 0.906 bits per heavy atom. The number of para-hydroxylation sites is 1. The first-order valence-electron chi connectivity index (χ1n) is 10.0. The van der Waals surface area contributed by atoms with E-state index in [9.17, 15) is 19.2 Å². The average molecular weight is 434 g/mol. The number of amides is 5. The molecule has 9 heteroatoms. The van der Waals surface area contributed by atoms with Gasteiger partial charge in [-0.15, -0.1) is 0 Å². The van der Waals surface area contributed by atoms with E-state index in [1.54, 1.807) is 12.1 Å². The van der Waals surface area contributed by atoms with Gasteiger partial charge in [0.2, 0.25) is 5.91 Å². The van der Waals surface area contributed by atoms with Crippen molar-refractivity contribution < 1.29 is 23.9 Å². The largest absolute Gasteiger partial charge is 0.457 e. The Balaban J connectivity index is 1.62. The van der Waals surface area contributed by atoms with Crippen LogP contribution in [0.15, 0.2) is 65.9 Å². The van der Waals surface area contributed by atoms with Crippen LogP contribution in [0.1, 0.15) is 24.9 Å². The third-order valence-corrected chi connectivity index (χ3v) is 5.46. The number of likely N-dealkylation sites (N-methyl/N-ethyl adjacent to an activating group) is 2. The fourth-order valence-electron chi connectivity index (χ4n) is 3.74. The summed E-state index contributed by atoms with van der Waals surface area (Å²) in [5, 5.41) is 1.38. The van der Waals surface area contributed by atoms with Gasteiger partial charge in [-0.05, 0) is 29.8 Å². The normalized spacial score (nSPS) is 18.9. The summed E-state index contributed by atoms with van der Waals surface area (Å²) in [5.74, 6) is -0.327. The maximum atomic E-state index is 12.7. The van der Waals surface area contributed by atoms with Crippen LogP contribution in [0.25, 0.3) is 0 Å². The molecule has 164 valence electrons. The summed E-state index contributed by atoms with van der Waals surface area (Å²) in [5.41, 5.74) is 3.86. The zero-order valence-electron chi connectivity index (χ0n) is 17.9. The number of nitrogens with one attached hydrogen (secondary N) is 1. The van der Waals surface area contributed by atoms with E-state index >= 15 is 0 Å². The Labute approximate surface area is 184 Å². The Hall–Kier alpha value is -4.14. The van der Waals surface area contributed by atoms with Crippen molar-refractivity contribution in [2.45, 2.75) is 19.4 Å². The Kier molecular flexibility index (Phi) is 5.40. The van der Waals surface area contributed by atoms with E-state index in [0.717, 1.165) is 15.4 Å². The molecule has 1 N–H and O–H groups in total. The van der Waals surface area contributed by atoms with Gasteiger partial charge in [0.05, 0.1) is 11.7 Å². The molecule has 0 radical (unpaired) electrons. The van der Waals surface area contributed by atoms with Gasteiger partial charge in [0.15, 0.2) is 0 Å². The third kappa shape index (κ3) is 3.68. The number of hydrogen-bond acceptors (Lipinski definition) is 6. The van der Waals surface area contributed by atoms with Gasteiger partial charge >= 0.3 is 6.03 Å². The lowest BCUT2D eigenvalue weighted by molar-refractivity contribution is -0.135. The topological polar surface area (TPSA) is 99.3 Å². The number of nitrogens with zero attached hydrogens (tertiary/aromatic N) is 3. The Morgan fingerprint density at radius 2 is 1.47 bits per heavy atom. The third-order valence-electron chi connectivity index (χ3n) is 5.46. The monoisotopic (exact) mass is 434 g/mol. The van der Waals surface area contributed by atoms with Crippen LogP contribution in [-0.4, -0.2) is 52.7 Å². The zero-order chi connectivity index (χ0) is 23.0. The number of barbiturate groups is 1. The second-order valence-electron chi connectivity index (χ2n) is 7.57. The predicted molar refractivity (Wildman–Crippen MR) is 114 cm³/mol.